The van der Waals surface area contributed by atoms with Crippen LogP contribution in [-0.4, -0.2) is 5.10 Å². The number of hydrogen-bond donors (Lipinski definition) is 0. The molecule has 0 spiro atoms. The van der Waals surface area contributed by atoms with Crippen LogP contribution in [0, 0.1) is 0 Å². The summed E-state index contributed by atoms with van der Waals surface area (Å²) in [7, 11) is 0. The van der Waals surface area contributed by atoms with Gasteiger partial charge in [-0.25, -0.2) is 0 Å². The molecule has 0 N–H and O–H groups in total. The van der Waals surface area contributed by atoms with Gasteiger partial charge in [-0.2, -0.15) is 0 Å². The zero-order chi connectivity index (χ0) is 15.8. The van der Waals surface area contributed by atoms with Gasteiger partial charge in [-0.1, -0.05) is 66.9 Å². The Morgan fingerprint density at radius 2 is 1.48 bits per heavy atom. The highest BCUT2D eigenvalue weighted by Gasteiger charge is 2.16. The number of halogens is 2. The van der Waals surface area contributed by atoms with Gasteiger partial charge >= 0.3 is 0 Å². The Kier molecular flexibility index (Phi) is 3.87. The van der Waals surface area contributed by atoms with Gasteiger partial charge in [0.25, 0.3) is 0 Å². The second-order valence-corrected chi connectivity index (χ2v) is 7.30. The van der Waals surface area contributed by atoms with E-state index in [1.165, 1.54) is 10.9 Å². The average Bonchev–Trinajstić information content (AvgIpc) is 2.56. The third kappa shape index (κ3) is 2.89. The molecule has 0 amide bonds. The first-order valence-electron chi connectivity index (χ1n) is 7.33. The van der Waals surface area contributed by atoms with Gasteiger partial charge in [0.2, 0.25) is 5.52 Å². The Hall–Kier alpha value is -1.78. The third-order valence-electron chi connectivity index (χ3n) is 3.89. The second kappa shape index (κ2) is 6.02. The molecule has 1 aromatic heterocycles. The summed E-state index contributed by atoms with van der Waals surface area (Å²) in [5.41, 5.74) is 3.36. The number of aromatic nitrogens is 2. The molecule has 0 atom stereocenters. The van der Waals surface area contributed by atoms with Crippen LogP contribution in [0.4, 0.5) is 0 Å². The molecule has 0 radical (unpaired) electrons. The highest BCUT2D eigenvalue weighted by Crippen LogP contribution is 2.27. The van der Waals surface area contributed by atoms with Crippen molar-refractivity contribution in [2.24, 2.45) is 0 Å². The quantitative estimate of drug-likeness (QED) is 0.314. The highest BCUT2D eigenvalue weighted by molar-refractivity contribution is 9.10. The summed E-state index contributed by atoms with van der Waals surface area (Å²) < 4.78 is 4.21. The minimum atomic E-state index is 0.755. The van der Waals surface area contributed by atoms with E-state index in [0.717, 1.165) is 31.9 Å². The number of hydrogen-bond acceptors (Lipinski definition) is 1. The van der Waals surface area contributed by atoms with Crippen LogP contribution in [0.1, 0.15) is 5.56 Å². The molecular weight excluding hydrogens is 416 g/mol. The maximum atomic E-state index is 4.85. The Balaban J connectivity index is 2.01. The summed E-state index contributed by atoms with van der Waals surface area (Å²) in [6.07, 6.45) is 0. The summed E-state index contributed by atoms with van der Waals surface area (Å²) in [5, 5.41) is 7.20. The molecular formula is C19H13Br2N2+. The lowest BCUT2D eigenvalue weighted by atomic mass is 10.1. The van der Waals surface area contributed by atoms with Crippen molar-refractivity contribution >= 4 is 53.7 Å². The van der Waals surface area contributed by atoms with Crippen molar-refractivity contribution in [1.82, 2.24) is 5.10 Å². The molecule has 4 rings (SSSR count). The van der Waals surface area contributed by atoms with Gasteiger partial charge in [0.05, 0.1) is 5.39 Å². The van der Waals surface area contributed by atoms with Crippen molar-refractivity contribution in [1.29, 1.82) is 0 Å². The van der Waals surface area contributed by atoms with E-state index >= 15 is 0 Å². The van der Waals surface area contributed by atoms with Crippen LogP contribution < -0.4 is 4.68 Å². The van der Waals surface area contributed by atoms with Crippen molar-refractivity contribution in [3.05, 3.63) is 81.2 Å². The van der Waals surface area contributed by atoms with E-state index < -0.39 is 0 Å². The van der Waals surface area contributed by atoms with Gasteiger partial charge in [0.15, 0.2) is 6.54 Å². The third-order valence-corrected chi connectivity index (χ3v) is 4.88. The highest BCUT2D eigenvalue weighted by atomic mass is 79.9. The summed E-state index contributed by atoms with van der Waals surface area (Å²) in [6.45, 7) is 0.755. The fraction of sp³-hybridized carbons (Fsp3) is 0.0526. The molecule has 23 heavy (non-hydrogen) atoms. The molecule has 0 saturated heterocycles. The lowest BCUT2D eigenvalue weighted by Crippen LogP contribution is -2.39. The maximum absolute atomic E-state index is 4.85. The van der Waals surface area contributed by atoms with Gasteiger partial charge in [-0.3, -0.25) is 0 Å². The van der Waals surface area contributed by atoms with Gasteiger partial charge in [-0.15, -0.1) is 0 Å². The Morgan fingerprint density at radius 3 is 2.26 bits per heavy atom. The summed E-state index contributed by atoms with van der Waals surface area (Å²) in [6, 6.07) is 23.0. The molecule has 0 aliphatic rings. The number of rotatable bonds is 2. The molecule has 2 nitrogen and oxygen atoms in total. The summed E-state index contributed by atoms with van der Waals surface area (Å²) in [4.78, 5) is 0. The van der Waals surface area contributed by atoms with Gasteiger partial charge < -0.3 is 0 Å². The van der Waals surface area contributed by atoms with Crippen molar-refractivity contribution in [3.8, 4) is 0 Å². The first-order valence-corrected chi connectivity index (χ1v) is 8.92. The molecule has 3 aromatic carbocycles. The van der Waals surface area contributed by atoms with E-state index in [0.29, 0.717) is 0 Å². The molecule has 4 aromatic rings. The zero-order valence-electron chi connectivity index (χ0n) is 12.2. The van der Waals surface area contributed by atoms with E-state index in [1.807, 2.05) is 12.1 Å². The minimum Gasteiger partial charge on any atom is -0.0787 e. The number of nitrogens with zero attached hydrogens (tertiary/aromatic N) is 2. The van der Waals surface area contributed by atoms with Crippen molar-refractivity contribution < 1.29 is 4.68 Å². The molecule has 112 valence electrons. The fourth-order valence-corrected chi connectivity index (χ4v) is 3.54. The molecule has 0 aliphatic carbocycles. The fourth-order valence-electron chi connectivity index (χ4n) is 2.82. The number of benzene rings is 3. The molecule has 0 saturated carbocycles. The lowest BCUT2D eigenvalue weighted by Gasteiger charge is -2.05. The Bertz CT molecular complexity index is 1010. The first-order chi connectivity index (χ1) is 11.2. The van der Waals surface area contributed by atoms with Crippen molar-refractivity contribution in [2.75, 3.05) is 0 Å². The van der Waals surface area contributed by atoms with Crippen LogP contribution in [0.3, 0.4) is 0 Å². The normalized spacial score (nSPS) is 11.2. The molecule has 4 heteroatoms. The molecule has 0 bridgehead atoms. The van der Waals surface area contributed by atoms with Gasteiger partial charge in [-0.05, 0) is 30.3 Å². The SMILES string of the molecule is Brc1ccc2n[n+](Cc3ccccc3)c3ccc(Br)cc3c2c1. The van der Waals surface area contributed by atoms with Crippen LogP contribution in [-0.2, 0) is 6.54 Å². The smallest absolute Gasteiger partial charge is 0.0787 e. The Labute approximate surface area is 151 Å². The topological polar surface area (TPSA) is 16.8 Å². The van der Waals surface area contributed by atoms with Gasteiger partial charge in [0, 0.05) is 31.1 Å². The van der Waals surface area contributed by atoms with Crippen molar-refractivity contribution in [3.63, 3.8) is 0 Å². The maximum Gasteiger partial charge on any atom is 0.240 e. The van der Waals surface area contributed by atoms with Crippen LogP contribution >= 0.6 is 31.9 Å². The number of fused-ring (bicyclic) bond motifs is 3. The van der Waals surface area contributed by atoms with Crippen LogP contribution in [0.15, 0.2) is 75.7 Å². The zero-order valence-corrected chi connectivity index (χ0v) is 15.4. The standard InChI is InChI=1S/C19H13Br2N2/c20-14-6-8-18-16(10-14)17-11-15(21)7-9-19(17)23(22-18)12-13-4-2-1-3-5-13/h1-11H,12H2/q+1. The average molecular weight is 429 g/mol. The minimum absolute atomic E-state index is 0.755. The van der Waals surface area contributed by atoms with E-state index in [2.05, 4.69) is 91.1 Å². The summed E-state index contributed by atoms with van der Waals surface area (Å²) >= 11 is 7.15. The molecule has 1 heterocycles. The monoisotopic (exact) mass is 427 g/mol. The van der Waals surface area contributed by atoms with E-state index in [-0.39, 0.29) is 0 Å². The van der Waals surface area contributed by atoms with E-state index in [4.69, 9.17) is 5.10 Å². The van der Waals surface area contributed by atoms with E-state index in [1.54, 1.807) is 0 Å². The largest absolute Gasteiger partial charge is 0.240 e. The Morgan fingerprint density at radius 1 is 0.783 bits per heavy atom. The predicted molar refractivity (Wildman–Crippen MR) is 100 cm³/mol. The second-order valence-electron chi connectivity index (χ2n) is 5.47. The lowest BCUT2D eigenvalue weighted by molar-refractivity contribution is -0.719. The van der Waals surface area contributed by atoms with Gasteiger partial charge in [0.1, 0.15) is 5.52 Å². The molecule has 0 fully saturated rings. The van der Waals surface area contributed by atoms with E-state index in [9.17, 15) is 0 Å². The predicted octanol–water partition coefficient (Wildman–Crippen LogP) is 5.25. The molecule has 0 unspecified atom stereocenters. The first kappa shape index (κ1) is 14.8. The summed E-state index contributed by atoms with van der Waals surface area (Å²) in [5.74, 6) is 0. The van der Waals surface area contributed by atoms with Crippen LogP contribution in [0.2, 0.25) is 0 Å². The van der Waals surface area contributed by atoms with Crippen molar-refractivity contribution in [2.45, 2.75) is 6.54 Å². The van der Waals surface area contributed by atoms with Crippen LogP contribution in [0.25, 0.3) is 21.8 Å². The van der Waals surface area contributed by atoms with Crippen LogP contribution in [0.5, 0.6) is 0 Å². The molecule has 0 aliphatic heterocycles.